The van der Waals surface area contributed by atoms with Crippen LogP contribution in [0.2, 0.25) is 5.02 Å². The van der Waals surface area contributed by atoms with Gasteiger partial charge in [0.2, 0.25) is 11.1 Å². The summed E-state index contributed by atoms with van der Waals surface area (Å²) in [6, 6.07) is 10.4. The first-order chi connectivity index (χ1) is 10.5. The molecule has 0 fully saturated rings. The SMILES string of the molecule is O=C(O)c1nn(-c2ccc(Cl)cc2)c2cccc(F)c2c1=O.[KH]. The third-order valence-corrected chi connectivity index (χ3v) is 3.39. The first-order valence-electron chi connectivity index (χ1n) is 6.20. The van der Waals surface area contributed by atoms with E-state index in [0.717, 1.165) is 6.07 Å². The number of carboxylic acid groups (broad SMARTS) is 1. The second kappa shape index (κ2) is 7.21. The number of nitrogens with zero attached hydrogens (tertiary/aromatic N) is 2. The van der Waals surface area contributed by atoms with Crippen molar-refractivity contribution in [2.75, 3.05) is 0 Å². The summed E-state index contributed by atoms with van der Waals surface area (Å²) < 4.78 is 15.2. The van der Waals surface area contributed by atoms with E-state index in [4.69, 9.17) is 16.7 Å². The summed E-state index contributed by atoms with van der Waals surface area (Å²) in [6.07, 6.45) is 0. The van der Waals surface area contributed by atoms with E-state index in [0.29, 0.717) is 10.7 Å². The molecule has 0 aliphatic rings. The van der Waals surface area contributed by atoms with Crippen LogP contribution >= 0.6 is 11.6 Å². The molecular formula is C15H9ClFKN2O3. The molecule has 2 aromatic carbocycles. The number of fused-ring (bicyclic) bond motifs is 1. The van der Waals surface area contributed by atoms with E-state index in [1.165, 1.54) is 16.8 Å². The Morgan fingerprint density at radius 3 is 2.43 bits per heavy atom. The monoisotopic (exact) mass is 358 g/mol. The van der Waals surface area contributed by atoms with Crippen molar-refractivity contribution in [3.05, 3.63) is 69.2 Å². The molecule has 1 aromatic heterocycles. The Labute approximate surface area is 177 Å². The van der Waals surface area contributed by atoms with Gasteiger partial charge in [0.25, 0.3) is 0 Å². The minimum absolute atomic E-state index is 0. The predicted molar refractivity (Wildman–Crippen MR) is 86.4 cm³/mol. The van der Waals surface area contributed by atoms with Crippen molar-refractivity contribution >= 4 is 79.9 Å². The summed E-state index contributed by atoms with van der Waals surface area (Å²) in [5.74, 6) is -2.31. The summed E-state index contributed by atoms with van der Waals surface area (Å²) in [4.78, 5) is 23.3. The van der Waals surface area contributed by atoms with Gasteiger partial charge in [-0.05, 0) is 36.4 Å². The van der Waals surface area contributed by atoms with Gasteiger partial charge in [-0.3, -0.25) is 4.79 Å². The van der Waals surface area contributed by atoms with Crippen LogP contribution in [0.25, 0.3) is 16.6 Å². The second-order valence-electron chi connectivity index (χ2n) is 4.51. The molecule has 0 atom stereocenters. The van der Waals surface area contributed by atoms with Gasteiger partial charge < -0.3 is 5.11 Å². The number of hydrogen-bond acceptors (Lipinski definition) is 3. The molecule has 0 spiro atoms. The summed E-state index contributed by atoms with van der Waals surface area (Å²) in [5, 5.41) is 13.1. The Kier molecular flexibility index (Phi) is 5.72. The van der Waals surface area contributed by atoms with Crippen molar-refractivity contribution in [1.82, 2.24) is 9.78 Å². The predicted octanol–water partition coefficient (Wildman–Crippen LogP) is 2.23. The van der Waals surface area contributed by atoms with Crippen molar-refractivity contribution in [2.45, 2.75) is 0 Å². The van der Waals surface area contributed by atoms with Crippen molar-refractivity contribution in [3.8, 4) is 5.69 Å². The Hall–Kier alpha value is -1.09. The number of aromatic nitrogens is 2. The van der Waals surface area contributed by atoms with Crippen molar-refractivity contribution in [3.63, 3.8) is 0 Å². The van der Waals surface area contributed by atoms with E-state index >= 15 is 0 Å². The topological polar surface area (TPSA) is 72.2 Å². The van der Waals surface area contributed by atoms with Gasteiger partial charge >= 0.3 is 57.4 Å². The quantitative estimate of drug-likeness (QED) is 0.713. The van der Waals surface area contributed by atoms with Gasteiger partial charge in [-0.1, -0.05) is 17.7 Å². The molecule has 0 aliphatic heterocycles. The molecule has 0 aliphatic carbocycles. The first-order valence-corrected chi connectivity index (χ1v) is 6.57. The molecule has 0 radical (unpaired) electrons. The fourth-order valence-corrected chi connectivity index (χ4v) is 2.28. The zero-order chi connectivity index (χ0) is 15.9. The van der Waals surface area contributed by atoms with Gasteiger partial charge in [0.1, 0.15) is 5.82 Å². The number of carboxylic acids is 1. The number of carbonyl (C=O) groups is 1. The first kappa shape index (κ1) is 18.2. The van der Waals surface area contributed by atoms with Crippen molar-refractivity contribution in [2.24, 2.45) is 0 Å². The normalized spacial score (nSPS) is 10.3. The van der Waals surface area contributed by atoms with Crippen LogP contribution in [0.5, 0.6) is 0 Å². The van der Waals surface area contributed by atoms with Crippen LogP contribution < -0.4 is 5.43 Å². The number of benzene rings is 2. The average Bonchev–Trinajstić information content (AvgIpc) is 2.48. The van der Waals surface area contributed by atoms with Gasteiger partial charge in [-0.15, -0.1) is 0 Å². The molecule has 0 amide bonds. The molecule has 3 aromatic rings. The number of hydrogen-bond donors (Lipinski definition) is 1. The Balaban J connectivity index is 0.00000192. The average molecular weight is 359 g/mol. The standard InChI is InChI=1S/C15H8ClFN2O3.K.H/c16-8-4-6-9(7-5-8)19-11-3-1-2-10(17)12(11)14(20)13(18-19)15(21)22;;/h1-7H,(H,21,22);;. The fraction of sp³-hybridized carbons (Fsp3) is 0. The fourth-order valence-electron chi connectivity index (χ4n) is 2.15. The third kappa shape index (κ3) is 3.40. The number of aromatic carboxylic acids is 1. The molecule has 5 nitrogen and oxygen atoms in total. The maximum atomic E-state index is 14.0. The van der Waals surface area contributed by atoms with E-state index in [1.54, 1.807) is 24.3 Å². The molecule has 112 valence electrons. The summed E-state index contributed by atoms with van der Waals surface area (Å²) in [7, 11) is 0. The van der Waals surface area contributed by atoms with Crippen LogP contribution in [0, 0.1) is 5.82 Å². The third-order valence-electron chi connectivity index (χ3n) is 3.14. The van der Waals surface area contributed by atoms with Crippen LogP contribution in [0.3, 0.4) is 0 Å². The number of rotatable bonds is 2. The van der Waals surface area contributed by atoms with Crippen LogP contribution in [0.15, 0.2) is 47.3 Å². The van der Waals surface area contributed by atoms with E-state index < -0.39 is 22.9 Å². The molecule has 23 heavy (non-hydrogen) atoms. The van der Waals surface area contributed by atoms with Crippen LogP contribution in [-0.2, 0) is 0 Å². The zero-order valence-corrected chi connectivity index (χ0v) is 11.7. The van der Waals surface area contributed by atoms with Crippen molar-refractivity contribution < 1.29 is 14.3 Å². The van der Waals surface area contributed by atoms with E-state index in [-0.39, 0.29) is 62.3 Å². The Bertz CT molecular complexity index is 957. The van der Waals surface area contributed by atoms with Gasteiger partial charge in [0.05, 0.1) is 16.6 Å². The van der Waals surface area contributed by atoms with Gasteiger partial charge in [-0.25, -0.2) is 13.9 Å². The van der Waals surface area contributed by atoms with Crippen LogP contribution in [0.1, 0.15) is 10.5 Å². The van der Waals surface area contributed by atoms with Crippen LogP contribution in [-0.4, -0.2) is 72.2 Å². The maximum absolute atomic E-state index is 14.0. The molecule has 0 bridgehead atoms. The molecule has 0 saturated carbocycles. The van der Waals surface area contributed by atoms with Crippen LogP contribution in [0.4, 0.5) is 4.39 Å². The van der Waals surface area contributed by atoms with E-state index in [9.17, 15) is 14.0 Å². The van der Waals surface area contributed by atoms with Gasteiger partial charge in [-0.2, -0.15) is 5.10 Å². The summed E-state index contributed by atoms with van der Waals surface area (Å²) in [5.41, 5.74) is -1.06. The zero-order valence-electron chi connectivity index (χ0n) is 11.0. The molecule has 1 N–H and O–H groups in total. The van der Waals surface area contributed by atoms with E-state index in [2.05, 4.69) is 5.10 Å². The van der Waals surface area contributed by atoms with Gasteiger partial charge in [0.15, 0.2) is 0 Å². The summed E-state index contributed by atoms with van der Waals surface area (Å²) in [6.45, 7) is 0. The second-order valence-corrected chi connectivity index (χ2v) is 4.94. The molecule has 0 unspecified atom stereocenters. The van der Waals surface area contributed by atoms with Gasteiger partial charge in [0, 0.05) is 5.02 Å². The van der Waals surface area contributed by atoms with Crippen molar-refractivity contribution in [1.29, 1.82) is 0 Å². The molecule has 3 rings (SSSR count). The molecule has 1 heterocycles. The van der Waals surface area contributed by atoms with E-state index in [1.807, 2.05) is 0 Å². The molecule has 0 saturated heterocycles. The molecular weight excluding hydrogens is 350 g/mol. The summed E-state index contributed by atoms with van der Waals surface area (Å²) >= 11 is 5.82. The molecule has 8 heteroatoms. The minimum atomic E-state index is -1.52. The Morgan fingerprint density at radius 1 is 1.17 bits per heavy atom. The number of halogens is 2. The Morgan fingerprint density at radius 2 is 1.83 bits per heavy atom.